The minimum Gasteiger partial charge on any atom is -0.486 e. The van der Waals surface area contributed by atoms with Gasteiger partial charge >= 0.3 is 0 Å². The molecule has 0 aliphatic carbocycles. The van der Waals surface area contributed by atoms with Crippen LogP contribution in [0.5, 0.6) is 11.5 Å². The molecule has 162 valence electrons. The number of aromatic nitrogens is 1. The molecule has 1 aliphatic heterocycles. The Kier molecular flexibility index (Phi) is 5.82. The summed E-state index contributed by atoms with van der Waals surface area (Å²) in [6.45, 7) is 9.16. The average molecular weight is 440 g/mol. The lowest BCUT2D eigenvalue weighted by molar-refractivity contribution is -0.116. The molecule has 0 spiro atoms. The molecule has 0 bridgehead atoms. The number of nitrogens with one attached hydrogen (secondary N) is 1. The van der Waals surface area contributed by atoms with Crippen molar-refractivity contribution in [3.8, 4) is 11.5 Å². The summed E-state index contributed by atoms with van der Waals surface area (Å²) >= 11 is 1.39. The summed E-state index contributed by atoms with van der Waals surface area (Å²) in [7, 11) is 0. The highest BCUT2D eigenvalue weighted by molar-refractivity contribution is 7.20. The Morgan fingerprint density at radius 1 is 1.13 bits per heavy atom. The first kappa shape index (κ1) is 21.1. The summed E-state index contributed by atoms with van der Waals surface area (Å²) in [5.41, 5.74) is 3.55. The van der Waals surface area contributed by atoms with Gasteiger partial charge in [-0.25, -0.2) is 4.98 Å². The fraction of sp³-hybridized carbons (Fsp3) is 0.348. The van der Waals surface area contributed by atoms with E-state index in [9.17, 15) is 9.59 Å². The van der Waals surface area contributed by atoms with Crippen LogP contribution in [-0.2, 0) is 4.79 Å². The Labute approximate surface area is 185 Å². The van der Waals surface area contributed by atoms with Crippen LogP contribution in [-0.4, -0.2) is 48.0 Å². The molecule has 1 N–H and O–H groups in total. The third kappa shape index (κ3) is 4.20. The van der Waals surface area contributed by atoms with Gasteiger partial charge in [-0.1, -0.05) is 0 Å². The number of ether oxygens (including phenoxy) is 2. The summed E-state index contributed by atoms with van der Waals surface area (Å²) in [5.74, 6) is 0.841. The van der Waals surface area contributed by atoms with Crippen LogP contribution in [0.2, 0.25) is 0 Å². The molecule has 0 atom stereocenters. The van der Waals surface area contributed by atoms with Gasteiger partial charge < -0.3 is 19.7 Å². The molecule has 1 aliphatic rings. The molecule has 0 saturated carbocycles. The molecule has 4 rings (SSSR count). The van der Waals surface area contributed by atoms with Gasteiger partial charge in [0.1, 0.15) is 24.6 Å². The van der Waals surface area contributed by atoms with Crippen LogP contribution in [0.4, 0.5) is 5.69 Å². The second-order valence-electron chi connectivity index (χ2n) is 7.54. The zero-order valence-corrected chi connectivity index (χ0v) is 18.9. The standard InChI is InChI=1S/C23H25N3O4S/c1-5-26(12-19(27)25-16-6-7-17-18(11-16)30-9-8-29-17)23(28)21-15(4)20-13(2)10-14(3)24-22(20)31-21/h6-7,10-11H,5,8-9,12H2,1-4H3,(H,25,27). The average Bonchev–Trinajstić information content (AvgIpc) is 3.07. The van der Waals surface area contributed by atoms with Crippen LogP contribution in [0, 0.1) is 20.8 Å². The number of nitrogens with zero attached hydrogens (tertiary/aromatic N) is 2. The van der Waals surface area contributed by atoms with Crippen LogP contribution in [0.15, 0.2) is 24.3 Å². The Hall–Kier alpha value is -3.13. The van der Waals surface area contributed by atoms with Crippen LogP contribution in [0.1, 0.15) is 33.4 Å². The number of fused-ring (bicyclic) bond motifs is 2. The number of benzene rings is 1. The summed E-state index contributed by atoms with van der Waals surface area (Å²) < 4.78 is 11.1. The molecule has 0 saturated heterocycles. The molecule has 7 nitrogen and oxygen atoms in total. The third-order valence-electron chi connectivity index (χ3n) is 5.25. The van der Waals surface area contributed by atoms with E-state index in [2.05, 4.69) is 10.3 Å². The number of aryl methyl sites for hydroxylation is 3. The molecule has 8 heteroatoms. The fourth-order valence-electron chi connectivity index (χ4n) is 3.79. The highest BCUT2D eigenvalue weighted by atomic mass is 32.1. The van der Waals surface area contributed by atoms with Crippen molar-refractivity contribution in [3.05, 3.63) is 46.0 Å². The minimum atomic E-state index is -0.268. The second-order valence-corrected chi connectivity index (χ2v) is 8.54. The monoisotopic (exact) mass is 439 g/mol. The number of anilines is 1. The first-order valence-corrected chi connectivity index (χ1v) is 11.0. The zero-order chi connectivity index (χ0) is 22.1. The summed E-state index contributed by atoms with van der Waals surface area (Å²) in [5, 5.41) is 3.87. The van der Waals surface area contributed by atoms with E-state index in [0.29, 0.717) is 41.8 Å². The molecule has 3 aromatic rings. The summed E-state index contributed by atoms with van der Waals surface area (Å²) in [6.07, 6.45) is 0. The number of pyridine rings is 1. The van der Waals surface area contributed by atoms with Gasteiger partial charge in [0.25, 0.3) is 5.91 Å². The van der Waals surface area contributed by atoms with Gasteiger partial charge in [0, 0.05) is 29.4 Å². The molecular weight excluding hydrogens is 414 g/mol. The SMILES string of the molecule is CCN(CC(=O)Nc1ccc2c(c1)OCCO2)C(=O)c1sc2nc(C)cc(C)c2c1C. The van der Waals surface area contributed by atoms with Crippen molar-refractivity contribution >= 4 is 39.1 Å². The Bertz CT molecular complexity index is 1170. The van der Waals surface area contributed by atoms with Crippen molar-refractivity contribution in [2.45, 2.75) is 27.7 Å². The highest BCUT2D eigenvalue weighted by Gasteiger charge is 2.24. The van der Waals surface area contributed by atoms with E-state index in [-0.39, 0.29) is 18.4 Å². The van der Waals surface area contributed by atoms with Crippen molar-refractivity contribution < 1.29 is 19.1 Å². The van der Waals surface area contributed by atoms with Gasteiger partial charge in [0.15, 0.2) is 11.5 Å². The van der Waals surface area contributed by atoms with Gasteiger partial charge in [-0.15, -0.1) is 11.3 Å². The van der Waals surface area contributed by atoms with Crippen LogP contribution in [0.3, 0.4) is 0 Å². The quantitative estimate of drug-likeness (QED) is 0.648. The molecule has 2 aromatic heterocycles. The van der Waals surface area contributed by atoms with Crippen molar-refractivity contribution in [1.82, 2.24) is 9.88 Å². The number of thiophene rings is 1. The fourth-order valence-corrected chi connectivity index (χ4v) is 5.06. The molecule has 2 amide bonds. The van der Waals surface area contributed by atoms with E-state index in [1.54, 1.807) is 23.1 Å². The van der Waals surface area contributed by atoms with Crippen molar-refractivity contribution in [1.29, 1.82) is 0 Å². The van der Waals surface area contributed by atoms with E-state index < -0.39 is 0 Å². The normalized spacial score (nSPS) is 12.6. The van der Waals surface area contributed by atoms with E-state index in [4.69, 9.17) is 9.47 Å². The number of carbonyl (C=O) groups excluding carboxylic acids is 2. The number of rotatable bonds is 5. The van der Waals surface area contributed by atoms with Gasteiger partial charge in [0.2, 0.25) is 5.91 Å². The maximum atomic E-state index is 13.2. The van der Waals surface area contributed by atoms with Crippen LogP contribution >= 0.6 is 11.3 Å². The third-order valence-corrected chi connectivity index (χ3v) is 6.42. The van der Waals surface area contributed by atoms with Gasteiger partial charge in [0.05, 0.1) is 4.88 Å². The van der Waals surface area contributed by atoms with Gasteiger partial charge in [-0.05, 0) is 57.0 Å². The molecule has 0 unspecified atom stereocenters. The first-order valence-electron chi connectivity index (χ1n) is 10.2. The van der Waals surface area contributed by atoms with E-state index in [1.165, 1.54) is 11.3 Å². The van der Waals surface area contributed by atoms with Crippen molar-refractivity contribution in [3.63, 3.8) is 0 Å². The topological polar surface area (TPSA) is 80.8 Å². The first-order chi connectivity index (χ1) is 14.9. The van der Waals surface area contributed by atoms with Gasteiger partial charge in [-0.2, -0.15) is 0 Å². The van der Waals surface area contributed by atoms with Gasteiger partial charge in [-0.3, -0.25) is 9.59 Å². The second kappa shape index (κ2) is 8.55. The largest absolute Gasteiger partial charge is 0.486 e. The number of carbonyl (C=O) groups is 2. The highest BCUT2D eigenvalue weighted by Crippen LogP contribution is 2.34. The van der Waals surface area contributed by atoms with Crippen molar-refractivity contribution in [2.75, 3.05) is 31.6 Å². The predicted octanol–water partition coefficient (Wildman–Crippen LogP) is 4.09. The summed E-state index contributed by atoms with van der Waals surface area (Å²) in [6, 6.07) is 7.28. The number of hydrogen-bond acceptors (Lipinski definition) is 6. The maximum absolute atomic E-state index is 13.2. The summed E-state index contributed by atoms with van der Waals surface area (Å²) in [4.78, 5) is 33.5. The lowest BCUT2D eigenvalue weighted by atomic mass is 10.1. The lowest BCUT2D eigenvalue weighted by Crippen LogP contribution is -2.37. The number of likely N-dealkylation sites (N-methyl/N-ethyl adjacent to an activating group) is 1. The van der Waals surface area contributed by atoms with E-state index in [0.717, 1.165) is 27.0 Å². The molecule has 0 radical (unpaired) electrons. The zero-order valence-electron chi connectivity index (χ0n) is 18.1. The Morgan fingerprint density at radius 3 is 2.61 bits per heavy atom. The predicted molar refractivity (Wildman–Crippen MR) is 121 cm³/mol. The van der Waals surface area contributed by atoms with E-state index in [1.807, 2.05) is 33.8 Å². The lowest BCUT2D eigenvalue weighted by Gasteiger charge is -2.21. The molecular formula is C23H25N3O4S. The van der Waals surface area contributed by atoms with Crippen LogP contribution < -0.4 is 14.8 Å². The maximum Gasteiger partial charge on any atom is 0.264 e. The number of hydrogen-bond donors (Lipinski definition) is 1. The Morgan fingerprint density at radius 2 is 1.87 bits per heavy atom. The smallest absolute Gasteiger partial charge is 0.264 e. The minimum absolute atomic E-state index is 0.0388. The van der Waals surface area contributed by atoms with E-state index >= 15 is 0 Å². The molecule has 0 fully saturated rings. The molecule has 31 heavy (non-hydrogen) atoms. The molecule has 1 aromatic carbocycles. The Balaban J connectivity index is 1.50. The molecule has 3 heterocycles. The van der Waals surface area contributed by atoms with Crippen LogP contribution in [0.25, 0.3) is 10.2 Å². The number of amides is 2. The van der Waals surface area contributed by atoms with Crippen molar-refractivity contribution in [2.24, 2.45) is 0 Å².